The highest BCUT2D eigenvalue weighted by Crippen LogP contribution is 2.34. The lowest BCUT2D eigenvalue weighted by Gasteiger charge is -2.12. The Bertz CT molecular complexity index is 1220. The fraction of sp³-hybridized carbons (Fsp3) is 0.421. The van der Waals surface area contributed by atoms with Gasteiger partial charge in [0.25, 0.3) is 0 Å². The Morgan fingerprint density at radius 1 is 1.20 bits per heavy atom. The fourth-order valence-corrected chi connectivity index (χ4v) is 4.07. The van der Waals surface area contributed by atoms with Crippen molar-refractivity contribution in [3.05, 3.63) is 30.2 Å². The lowest BCUT2D eigenvalue weighted by atomic mass is 10.3. The SMILES string of the molecule is CCS(=O)(=O)c1cc(OCC2CC2)cnc1-c1nc2cc(C(F)(F)F)ncc2n1C. The third-order valence-corrected chi connectivity index (χ3v) is 6.74. The zero-order chi connectivity index (χ0) is 21.7. The van der Waals surface area contributed by atoms with Gasteiger partial charge in [0, 0.05) is 13.1 Å². The molecule has 3 heterocycles. The highest BCUT2D eigenvalue weighted by molar-refractivity contribution is 7.91. The van der Waals surface area contributed by atoms with E-state index in [1.807, 2.05) is 0 Å². The molecule has 3 aromatic rings. The molecule has 0 spiro atoms. The van der Waals surface area contributed by atoms with Gasteiger partial charge in [0.1, 0.15) is 22.0 Å². The van der Waals surface area contributed by atoms with Crippen molar-refractivity contribution in [1.82, 2.24) is 19.5 Å². The van der Waals surface area contributed by atoms with E-state index in [2.05, 4.69) is 15.0 Å². The second kappa shape index (κ2) is 7.22. The van der Waals surface area contributed by atoms with Gasteiger partial charge < -0.3 is 9.30 Å². The molecule has 1 aliphatic carbocycles. The van der Waals surface area contributed by atoms with E-state index in [-0.39, 0.29) is 27.7 Å². The quantitative estimate of drug-likeness (QED) is 0.582. The summed E-state index contributed by atoms with van der Waals surface area (Å²) in [5, 5.41) is 0. The van der Waals surface area contributed by atoms with E-state index in [1.165, 1.54) is 23.8 Å². The molecule has 1 aliphatic rings. The Morgan fingerprint density at radius 2 is 1.93 bits per heavy atom. The lowest BCUT2D eigenvalue weighted by molar-refractivity contribution is -0.141. The smallest absolute Gasteiger partial charge is 0.433 e. The summed E-state index contributed by atoms with van der Waals surface area (Å²) in [6.07, 6.45) is 0.0289. The van der Waals surface area contributed by atoms with E-state index < -0.39 is 21.7 Å². The van der Waals surface area contributed by atoms with E-state index >= 15 is 0 Å². The van der Waals surface area contributed by atoms with Gasteiger partial charge in [0.05, 0.1) is 35.8 Å². The number of ether oxygens (including phenoxy) is 1. The summed E-state index contributed by atoms with van der Waals surface area (Å²) in [6, 6.07) is 2.24. The van der Waals surface area contributed by atoms with Gasteiger partial charge in [-0.05, 0) is 24.8 Å². The van der Waals surface area contributed by atoms with Crippen LogP contribution in [0.2, 0.25) is 0 Å². The molecule has 0 saturated heterocycles. The molecule has 1 saturated carbocycles. The van der Waals surface area contributed by atoms with Crippen molar-refractivity contribution in [2.24, 2.45) is 13.0 Å². The van der Waals surface area contributed by atoms with E-state index in [0.29, 0.717) is 23.8 Å². The number of hydrogen-bond acceptors (Lipinski definition) is 6. The zero-order valence-corrected chi connectivity index (χ0v) is 17.1. The van der Waals surface area contributed by atoms with Gasteiger partial charge in [-0.15, -0.1) is 0 Å². The number of aryl methyl sites for hydroxylation is 1. The number of aromatic nitrogens is 4. The maximum Gasteiger partial charge on any atom is 0.433 e. The molecule has 0 aliphatic heterocycles. The highest BCUT2D eigenvalue weighted by Gasteiger charge is 2.33. The van der Waals surface area contributed by atoms with Gasteiger partial charge in [-0.2, -0.15) is 13.2 Å². The number of imidazole rings is 1. The van der Waals surface area contributed by atoms with Crippen molar-refractivity contribution in [3.8, 4) is 17.3 Å². The number of halogens is 3. The van der Waals surface area contributed by atoms with Crippen LogP contribution in [0.3, 0.4) is 0 Å². The van der Waals surface area contributed by atoms with E-state index in [0.717, 1.165) is 25.1 Å². The molecular formula is C19H19F3N4O3S. The van der Waals surface area contributed by atoms with Crippen LogP contribution in [0, 0.1) is 5.92 Å². The molecule has 0 radical (unpaired) electrons. The molecule has 0 unspecified atom stereocenters. The Balaban J connectivity index is 1.84. The van der Waals surface area contributed by atoms with Crippen molar-refractivity contribution in [3.63, 3.8) is 0 Å². The van der Waals surface area contributed by atoms with Crippen LogP contribution in [-0.2, 0) is 23.1 Å². The minimum atomic E-state index is -4.61. The molecule has 30 heavy (non-hydrogen) atoms. The normalized spacial score (nSPS) is 15.0. The lowest BCUT2D eigenvalue weighted by Crippen LogP contribution is -2.10. The average Bonchev–Trinajstić information content (AvgIpc) is 3.48. The number of sulfone groups is 1. The molecule has 0 atom stereocenters. The highest BCUT2D eigenvalue weighted by atomic mass is 32.2. The first kappa shape index (κ1) is 20.6. The van der Waals surface area contributed by atoms with Crippen LogP contribution < -0.4 is 4.74 Å². The Labute approximate surface area is 170 Å². The topological polar surface area (TPSA) is 87.0 Å². The summed E-state index contributed by atoms with van der Waals surface area (Å²) < 4.78 is 71.5. The van der Waals surface area contributed by atoms with Gasteiger partial charge in [0.15, 0.2) is 15.7 Å². The predicted molar refractivity (Wildman–Crippen MR) is 103 cm³/mol. The van der Waals surface area contributed by atoms with Crippen molar-refractivity contribution in [2.45, 2.75) is 30.8 Å². The van der Waals surface area contributed by atoms with Crippen LogP contribution in [-0.4, -0.2) is 40.3 Å². The molecule has 4 rings (SSSR count). The molecule has 1 fully saturated rings. The third kappa shape index (κ3) is 3.85. The van der Waals surface area contributed by atoms with Crippen molar-refractivity contribution in [2.75, 3.05) is 12.4 Å². The summed E-state index contributed by atoms with van der Waals surface area (Å²) in [5.41, 5.74) is -0.639. The van der Waals surface area contributed by atoms with Crippen LogP contribution in [0.5, 0.6) is 5.75 Å². The van der Waals surface area contributed by atoms with E-state index in [4.69, 9.17) is 4.74 Å². The van der Waals surface area contributed by atoms with Crippen LogP contribution >= 0.6 is 0 Å². The van der Waals surface area contributed by atoms with Gasteiger partial charge in [0.2, 0.25) is 0 Å². The van der Waals surface area contributed by atoms with Gasteiger partial charge in [-0.3, -0.25) is 0 Å². The fourth-order valence-electron chi connectivity index (χ4n) is 3.02. The van der Waals surface area contributed by atoms with E-state index in [1.54, 1.807) is 7.05 Å². The molecular weight excluding hydrogens is 421 g/mol. The van der Waals surface area contributed by atoms with Gasteiger partial charge in [-0.1, -0.05) is 6.92 Å². The third-order valence-electron chi connectivity index (χ3n) is 4.99. The largest absolute Gasteiger partial charge is 0.492 e. The molecule has 11 heteroatoms. The van der Waals surface area contributed by atoms with Gasteiger partial charge in [-0.25, -0.2) is 23.4 Å². The molecule has 3 aromatic heterocycles. The van der Waals surface area contributed by atoms with Crippen molar-refractivity contribution >= 4 is 20.9 Å². The first-order valence-electron chi connectivity index (χ1n) is 9.36. The minimum absolute atomic E-state index is 0.0468. The molecule has 0 N–H and O–H groups in total. The summed E-state index contributed by atoms with van der Waals surface area (Å²) in [4.78, 5) is 11.9. The first-order valence-corrected chi connectivity index (χ1v) is 11.0. The summed E-state index contributed by atoms with van der Waals surface area (Å²) in [7, 11) is -2.13. The minimum Gasteiger partial charge on any atom is -0.492 e. The Hall–Kier alpha value is -2.69. The van der Waals surface area contributed by atoms with Gasteiger partial charge >= 0.3 is 6.18 Å². The monoisotopic (exact) mass is 440 g/mol. The zero-order valence-electron chi connectivity index (χ0n) is 16.3. The first-order chi connectivity index (χ1) is 14.1. The Kier molecular flexibility index (Phi) is 4.95. The van der Waals surface area contributed by atoms with E-state index in [9.17, 15) is 21.6 Å². The van der Waals surface area contributed by atoms with Crippen LogP contribution in [0.15, 0.2) is 29.4 Å². The molecule has 0 aromatic carbocycles. The van der Waals surface area contributed by atoms with Crippen molar-refractivity contribution < 1.29 is 26.3 Å². The maximum atomic E-state index is 13.0. The molecule has 0 amide bonds. The number of fused-ring (bicyclic) bond motifs is 1. The number of pyridine rings is 2. The second-order valence-electron chi connectivity index (χ2n) is 7.23. The summed E-state index contributed by atoms with van der Waals surface area (Å²) in [5.74, 6) is 0.771. The maximum absolute atomic E-state index is 13.0. The average molecular weight is 440 g/mol. The molecule has 7 nitrogen and oxygen atoms in total. The second-order valence-corrected chi connectivity index (χ2v) is 9.47. The standard InChI is InChI=1S/C19H19F3N4O3S/c1-3-30(27,28)15-6-12(29-10-11-4-5-11)8-24-17(15)18-25-13-7-16(19(20,21)22)23-9-14(13)26(18)2/h6-9,11H,3-5,10H2,1-2H3. The molecule has 0 bridgehead atoms. The van der Waals surface area contributed by atoms with Crippen LogP contribution in [0.4, 0.5) is 13.2 Å². The number of hydrogen-bond donors (Lipinski definition) is 0. The molecule has 160 valence electrons. The van der Waals surface area contributed by atoms with Crippen LogP contribution in [0.25, 0.3) is 22.6 Å². The summed E-state index contributed by atoms with van der Waals surface area (Å²) in [6.45, 7) is 2.00. The summed E-state index contributed by atoms with van der Waals surface area (Å²) >= 11 is 0. The van der Waals surface area contributed by atoms with Crippen molar-refractivity contribution in [1.29, 1.82) is 0 Å². The number of rotatable bonds is 6. The predicted octanol–water partition coefficient (Wildman–Crippen LogP) is 3.63. The Morgan fingerprint density at radius 3 is 2.57 bits per heavy atom. The number of nitrogens with zero attached hydrogens (tertiary/aromatic N) is 4. The number of alkyl halides is 3. The van der Waals surface area contributed by atoms with Crippen LogP contribution in [0.1, 0.15) is 25.5 Å².